The van der Waals surface area contributed by atoms with Crippen molar-refractivity contribution in [2.24, 2.45) is 0 Å². The molecule has 0 aliphatic heterocycles. The van der Waals surface area contributed by atoms with E-state index in [0.29, 0.717) is 5.75 Å². The summed E-state index contributed by atoms with van der Waals surface area (Å²) in [5, 5.41) is 10.3. The number of aromatic hydroxyl groups is 1. The van der Waals surface area contributed by atoms with E-state index in [-0.39, 0.29) is 5.41 Å². The molecule has 0 aliphatic rings. The molecule has 0 aromatic heterocycles. The molecule has 0 heterocycles. The molecule has 0 saturated heterocycles. The molecule has 0 saturated carbocycles. The van der Waals surface area contributed by atoms with E-state index in [1.165, 1.54) is 11.1 Å². The van der Waals surface area contributed by atoms with Gasteiger partial charge >= 0.3 is 0 Å². The first kappa shape index (κ1) is 15.4. The predicted molar refractivity (Wildman–Crippen MR) is 97.7 cm³/mol. The minimum Gasteiger partial charge on any atom is -0.508 e. The fraction of sp³-hybridized carbons (Fsp3) is 0.182. The van der Waals surface area contributed by atoms with Gasteiger partial charge in [-0.2, -0.15) is 0 Å². The van der Waals surface area contributed by atoms with Crippen LogP contribution in [0.3, 0.4) is 0 Å². The summed E-state index contributed by atoms with van der Waals surface area (Å²) in [6.45, 7) is 6.55. The first-order chi connectivity index (χ1) is 11.0. The summed E-state index contributed by atoms with van der Waals surface area (Å²) in [4.78, 5) is 0. The van der Waals surface area contributed by atoms with Crippen LogP contribution in [0.4, 0.5) is 0 Å². The fourth-order valence-electron chi connectivity index (χ4n) is 2.98. The predicted octanol–water partition coefficient (Wildman–Crippen LogP) is 6.02. The van der Waals surface area contributed by atoms with Crippen molar-refractivity contribution < 1.29 is 5.11 Å². The maximum Gasteiger partial charge on any atom is 0.116 e. The molecule has 1 nitrogen and oxygen atoms in total. The van der Waals surface area contributed by atoms with E-state index in [0.717, 1.165) is 16.7 Å². The zero-order chi connectivity index (χ0) is 16.4. The highest BCUT2D eigenvalue weighted by Crippen LogP contribution is 2.42. The third-order valence-corrected chi connectivity index (χ3v) is 4.08. The Balaban J connectivity index is 2.38. The Morgan fingerprint density at radius 1 is 0.696 bits per heavy atom. The second-order valence-corrected chi connectivity index (χ2v) is 6.90. The fourth-order valence-corrected chi connectivity index (χ4v) is 2.98. The van der Waals surface area contributed by atoms with Gasteiger partial charge < -0.3 is 5.11 Å². The van der Waals surface area contributed by atoms with Gasteiger partial charge in [0.1, 0.15) is 5.75 Å². The molecule has 3 aromatic carbocycles. The lowest BCUT2D eigenvalue weighted by atomic mass is 9.78. The van der Waals surface area contributed by atoms with Crippen LogP contribution in [0, 0.1) is 0 Å². The molecule has 0 bridgehead atoms. The van der Waals surface area contributed by atoms with Crippen LogP contribution in [0.5, 0.6) is 5.75 Å². The molecule has 116 valence electrons. The van der Waals surface area contributed by atoms with Gasteiger partial charge in [-0.3, -0.25) is 0 Å². The molecule has 1 heteroatoms. The summed E-state index contributed by atoms with van der Waals surface area (Å²) in [5.41, 5.74) is 5.66. The molecule has 0 aliphatic carbocycles. The normalized spacial score (nSPS) is 11.4. The minimum atomic E-state index is -0.0621. The summed E-state index contributed by atoms with van der Waals surface area (Å²) < 4.78 is 0. The number of rotatable bonds is 2. The van der Waals surface area contributed by atoms with E-state index in [4.69, 9.17) is 0 Å². The third-order valence-electron chi connectivity index (χ3n) is 4.08. The van der Waals surface area contributed by atoms with Crippen molar-refractivity contribution in [1.82, 2.24) is 0 Å². The van der Waals surface area contributed by atoms with Gasteiger partial charge in [-0.05, 0) is 45.4 Å². The molecular formula is C22H22O. The van der Waals surface area contributed by atoms with Crippen molar-refractivity contribution in [3.05, 3.63) is 78.4 Å². The van der Waals surface area contributed by atoms with Crippen molar-refractivity contribution in [3.63, 3.8) is 0 Å². The lowest BCUT2D eigenvalue weighted by molar-refractivity contribution is 0.471. The van der Waals surface area contributed by atoms with E-state index < -0.39 is 0 Å². The van der Waals surface area contributed by atoms with Gasteiger partial charge in [0.05, 0.1) is 0 Å². The summed E-state index contributed by atoms with van der Waals surface area (Å²) in [5.74, 6) is 0.313. The lowest BCUT2D eigenvalue weighted by Crippen LogP contribution is -2.13. The van der Waals surface area contributed by atoms with Crippen LogP contribution in [0.1, 0.15) is 26.3 Å². The molecule has 0 atom stereocenters. The molecule has 1 N–H and O–H groups in total. The van der Waals surface area contributed by atoms with Crippen LogP contribution in [0.25, 0.3) is 22.3 Å². The summed E-state index contributed by atoms with van der Waals surface area (Å²) in [6, 6.07) is 24.4. The average molecular weight is 302 g/mol. The summed E-state index contributed by atoms with van der Waals surface area (Å²) >= 11 is 0. The molecule has 0 amide bonds. The third kappa shape index (κ3) is 3.14. The van der Waals surface area contributed by atoms with Crippen LogP contribution < -0.4 is 0 Å². The van der Waals surface area contributed by atoms with Gasteiger partial charge in [0.2, 0.25) is 0 Å². The monoisotopic (exact) mass is 302 g/mol. The van der Waals surface area contributed by atoms with Gasteiger partial charge in [0.15, 0.2) is 0 Å². The maximum absolute atomic E-state index is 10.3. The molecule has 23 heavy (non-hydrogen) atoms. The van der Waals surface area contributed by atoms with Crippen LogP contribution in [-0.4, -0.2) is 5.11 Å². The zero-order valence-corrected chi connectivity index (χ0v) is 13.9. The largest absolute Gasteiger partial charge is 0.508 e. The van der Waals surface area contributed by atoms with Gasteiger partial charge in [-0.15, -0.1) is 0 Å². The molecule has 0 radical (unpaired) electrons. The first-order valence-corrected chi connectivity index (χ1v) is 7.95. The first-order valence-electron chi connectivity index (χ1n) is 7.95. The Morgan fingerprint density at radius 2 is 1.22 bits per heavy atom. The van der Waals surface area contributed by atoms with Crippen LogP contribution in [0.2, 0.25) is 0 Å². The van der Waals surface area contributed by atoms with E-state index in [9.17, 15) is 5.11 Å². The van der Waals surface area contributed by atoms with Crippen molar-refractivity contribution in [2.75, 3.05) is 0 Å². The second kappa shape index (κ2) is 5.92. The Morgan fingerprint density at radius 3 is 1.74 bits per heavy atom. The Kier molecular flexibility index (Phi) is 3.96. The quantitative estimate of drug-likeness (QED) is 0.613. The van der Waals surface area contributed by atoms with Gasteiger partial charge in [0, 0.05) is 0 Å². The van der Waals surface area contributed by atoms with Crippen molar-refractivity contribution in [3.8, 4) is 28.0 Å². The highest BCUT2D eigenvalue weighted by atomic mass is 16.3. The molecule has 0 fully saturated rings. The molecular weight excluding hydrogens is 280 g/mol. The van der Waals surface area contributed by atoms with E-state index >= 15 is 0 Å². The molecule has 3 aromatic rings. The Hall–Kier alpha value is -2.54. The Bertz CT molecular complexity index is 797. The molecule has 3 rings (SSSR count). The molecule has 0 spiro atoms. The topological polar surface area (TPSA) is 20.2 Å². The SMILES string of the molecule is CC(C)(C)c1cc(O)cc(-c2ccccc2)c1-c1ccccc1. The van der Waals surface area contributed by atoms with Crippen LogP contribution in [0.15, 0.2) is 72.8 Å². The van der Waals surface area contributed by atoms with Crippen LogP contribution >= 0.6 is 0 Å². The number of hydrogen-bond donors (Lipinski definition) is 1. The van der Waals surface area contributed by atoms with E-state index in [1.807, 2.05) is 36.4 Å². The second-order valence-electron chi connectivity index (χ2n) is 6.90. The van der Waals surface area contributed by atoms with Crippen molar-refractivity contribution in [1.29, 1.82) is 0 Å². The Labute approximate surface area is 138 Å². The highest BCUT2D eigenvalue weighted by molar-refractivity contribution is 5.87. The summed E-state index contributed by atoms with van der Waals surface area (Å²) in [6.07, 6.45) is 0. The van der Waals surface area contributed by atoms with Crippen molar-refractivity contribution in [2.45, 2.75) is 26.2 Å². The zero-order valence-electron chi connectivity index (χ0n) is 13.9. The van der Waals surface area contributed by atoms with E-state index in [1.54, 1.807) is 0 Å². The minimum absolute atomic E-state index is 0.0621. The van der Waals surface area contributed by atoms with E-state index in [2.05, 4.69) is 57.2 Å². The van der Waals surface area contributed by atoms with Gasteiger partial charge in [0.25, 0.3) is 0 Å². The number of phenols is 1. The number of phenolic OH excluding ortho intramolecular Hbond substituents is 1. The maximum atomic E-state index is 10.3. The number of hydrogen-bond acceptors (Lipinski definition) is 1. The molecule has 0 unspecified atom stereocenters. The average Bonchev–Trinajstić information content (AvgIpc) is 2.55. The van der Waals surface area contributed by atoms with Gasteiger partial charge in [-0.1, -0.05) is 81.4 Å². The number of benzene rings is 3. The smallest absolute Gasteiger partial charge is 0.116 e. The highest BCUT2D eigenvalue weighted by Gasteiger charge is 2.23. The summed E-state index contributed by atoms with van der Waals surface area (Å²) in [7, 11) is 0. The van der Waals surface area contributed by atoms with Crippen LogP contribution in [-0.2, 0) is 5.41 Å². The standard InChI is InChI=1S/C22H22O/c1-22(2,3)20-15-18(23)14-19(16-10-6-4-7-11-16)21(20)17-12-8-5-9-13-17/h4-15,23H,1-3H3. The van der Waals surface area contributed by atoms with Crippen molar-refractivity contribution >= 4 is 0 Å². The van der Waals surface area contributed by atoms with Gasteiger partial charge in [-0.25, -0.2) is 0 Å². The lowest BCUT2D eigenvalue weighted by Gasteiger charge is -2.26.